The van der Waals surface area contributed by atoms with Gasteiger partial charge < -0.3 is 20.6 Å². The minimum absolute atomic E-state index is 0.232. The zero-order chi connectivity index (χ0) is 15.2. The number of benzene rings is 1. The minimum atomic E-state index is -0.232. The van der Waals surface area contributed by atoms with Crippen molar-refractivity contribution in [3.63, 3.8) is 0 Å². The maximum absolute atomic E-state index is 13.9. The Balaban J connectivity index is 1.85. The highest BCUT2D eigenvalue weighted by Crippen LogP contribution is 2.26. The van der Waals surface area contributed by atoms with E-state index in [1.54, 1.807) is 12.1 Å². The SMILES string of the molecule is CN(CCCCO)C1CCN(c2ccc(N)cc2F)CC1. The Labute approximate surface area is 126 Å². The highest BCUT2D eigenvalue weighted by Gasteiger charge is 2.23. The third-order valence-corrected chi connectivity index (χ3v) is 4.32. The quantitative estimate of drug-likeness (QED) is 0.623. The third kappa shape index (κ3) is 4.32. The van der Waals surface area contributed by atoms with E-state index in [1.807, 2.05) is 0 Å². The second kappa shape index (κ2) is 7.61. The molecule has 0 amide bonds. The van der Waals surface area contributed by atoms with Gasteiger partial charge in [0.05, 0.1) is 5.69 Å². The molecule has 0 bridgehead atoms. The standard InChI is InChI=1S/C16H26FN3O/c1-19(8-2-3-11-21)14-6-9-20(10-7-14)16-5-4-13(18)12-15(16)17/h4-5,12,14,21H,2-3,6-11,18H2,1H3. The monoisotopic (exact) mass is 295 g/mol. The lowest BCUT2D eigenvalue weighted by Crippen LogP contribution is -2.44. The number of nitrogen functional groups attached to an aromatic ring is 1. The van der Waals surface area contributed by atoms with E-state index in [0.717, 1.165) is 45.3 Å². The first-order valence-electron chi connectivity index (χ1n) is 7.73. The maximum atomic E-state index is 13.9. The van der Waals surface area contributed by atoms with E-state index in [2.05, 4.69) is 16.8 Å². The molecule has 1 aromatic rings. The van der Waals surface area contributed by atoms with E-state index in [0.29, 0.717) is 17.4 Å². The van der Waals surface area contributed by atoms with Crippen LogP contribution in [0.4, 0.5) is 15.8 Å². The second-order valence-electron chi connectivity index (χ2n) is 5.84. The Kier molecular flexibility index (Phi) is 5.82. The topological polar surface area (TPSA) is 52.7 Å². The van der Waals surface area contributed by atoms with Crippen molar-refractivity contribution in [2.75, 3.05) is 43.9 Å². The number of hydrogen-bond acceptors (Lipinski definition) is 4. The Hall–Kier alpha value is -1.33. The van der Waals surface area contributed by atoms with Crippen LogP contribution in [0.5, 0.6) is 0 Å². The Bertz CT molecular complexity index is 447. The van der Waals surface area contributed by atoms with E-state index in [1.165, 1.54) is 6.07 Å². The number of anilines is 2. The van der Waals surface area contributed by atoms with Crippen LogP contribution in [0.2, 0.25) is 0 Å². The van der Waals surface area contributed by atoms with Crippen LogP contribution in [0.1, 0.15) is 25.7 Å². The zero-order valence-electron chi connectivity index (χ0n) is 12.8. The summed E-state index contributed by atoms with van der Waals surface area (Å²) in [5, 5.41) is 8.83. The first-order chi connectivity index (χ1) is 10.1. The van der Waals surface area contributed by atoms with Gasteiger partial charge in [0.1, 0.15) is 5.82 Å². The van der Waals surface area contributed by atoms with Crippen LogP contribution in [0.3, 0.4) is 0 Å². The van der Waals surface area contributed by atoms with E-state index < -0.39 is 0 Å². The van der Waals surface area contributed by atoms with Crippen molar-refractivity contribution >= 4 is 11.4 Å². The molecule has 2 rings (SSSR count). The Morgan fingerprint density at radius 3 is 2.67 bits per heavy atom. The van der Waals surface area contributed by atoms with Crippen molar-refractivity contribution in [3.8, 4) is 0 Å². The van der Waals surface area contributed by atoms with Gasteiger partial charge in [-0.25, -0.2) is 4.39 Å². The summed E-state index contributed by atoms with van der Waals surface area (Å²) in [6.07, 6.45) is 3.97. The number of aliphatic hydroxyl groups excluding tert-OH is 1. The van der Waals surface area contributed by atoms with Crippen LogP contribution in [-0.2, 0) is 0 Å². The number of halogens is 1. The first kappa shape index (κ1) is 16.0. The molecule has 1 aliphatic rings. The predicted molar refractivity (Wildman–Crippen MR) is 85.0 cm³/mol. The molecular formula is C16H26FN3O. The lowest BCUT2D eigenvalue weighted by atomic mass is 10.0. The van der Waals surface area contributed by atoms with Gasteiger partial charge in [-0.1, -0.05) is 0 Å². The van der Waals surface area contributed by atoms with Crippen molar-refractivity contribution in [3.05, 3.63) is 24.0 Å². The van der Waals surface area contributed by atoms with E-state index >= 15 is 0 Å². The largest absolute Gasteiger partial charge is 0.399 e. The van der Waals surface area contributed by atoms with E-state index in [4.69, 9.17) is 10.8 Å². The summed E-state index contributed by atoms with van der Waals surface area (Å²) < 4.78 is 13.9. The number of piperidine rings is 1. The van der Waals surface area contributed by atoms with Gasteiger partial charge >= 0.3 is 0 Å². The molecular weight excluding hydrogens is 269 g/mol. The molecule has 1 fully saturated rings. The summed E-state index contributed by atoms with van der Waals surface area (Å²) in [5.41, 5.74) is 6.72. The van der Waals surface area contributed by atoms with Gasteiger partial charge in [-0.3, -0.25) is 0 Å². The maximum Gasteiger partial charge on any atom is 0.148 e. The van der Waals surface area contributed by atoms with Crippen LogP contribution in [-0.4, -0.2) is 49.3 Å². The molecule has 0 atom stereocenters. The summed E-state index contributed by atoms with van der Waals surface area (Å²) >= 11 is 0. The lowest BCUT2D eigenvalue weighted by molar-refractivity contribution is 0.196. The summed E-state index contributed by atoms with van der Waals surface area (Å²) in [7, 11) is 2.14. The van der Waals surface area contributed by atoms with Crippen molar-refractivity contribution in [2.24, 2.45) is 0 Å². The molecule has 0 spiro atoms. The summed E-state index contributed by atoms with van der Waals surface area (Å²) in [6, 6.07) is 5.47. The summed E-state index contributed by atoms with van der Waals surface area (Å²) in [5.74, 6) is -0.232. The number of unbranched alkanes of at least 4 members (excludes halogenated alkanes) is 1. The van der Waals surface area contributed by atoms with Gasteiger partial charge in [0, 0.05) is 31.4 Å². The molecule has 0 aromatic heterocycles. The van der Waals surface area contributed by atoms with Gasteiger partial charge in [-0.05, 0) is 57.5 Å². The van der Waals surface area contributed by atoms with Crippen LogP contribution < -0.4 is 10.6 Å². The molecule has 3 N–H and O–H groups in total. The van der Waals surface area contributed by atoms with Crippen molar-refractivity contribution < 1.29 is 9.50 Å². The fourth-order valence-electron chi connectivity index (χ4n) is 2.98. The smallest absolute Gasteiger partial charge is 0.148 e. The number of nitrogens with two attached hydrogens (primary N) is 1. The van der Waals surface area contributed by atoms with Crippen molar-refractivity contribution in [1.29, 1.82) is 0 Å². The molecule has 118 valence electrons. The lowest BCUT2D eigenvalue weighted by Gasteiger charge is -2.38. The molecule has 0 saturated carbocycles. The van der Waals surface area contributed by atoms with Crippen molar-refractivity contribution in [2.45, 2.75) is 31.7 Å². The average molecular weight is 295 g/mol. The number of hydrogen-bond donors (Lipinski definition) is 2. The molecule has 1 heterocycles. The van der Waals surface area contributed by atoms with Gasteiger partial charge in [0.2, 0.25) is 0 Å². The number of aliphatic hydroxyl groups is 1. The minimum Gasteiger partial charge on any atom is -0.399 e. The van der Waals surface area contributed by atoms with Crippen LogP contribution in [0.15, 0.2) is 18.2 Å². The molecule has 0 aliphatic carbocycles. The predicted octanol–water partition coefficient (Wildman–Crippen LogP) is 2.08. The molecule has 21 heavy (non-hydrogen) atoms. The Morgan fingerprint density at radius 1 is 1.33 bits per heavy atom. The summed E-state index contributed by atoms with van der Waals surface area (Å²) in [4.78, 5) is 4.47. The van der Waals surface area contributed by atoms with Crippen LogP contribution >= 0.6 is 0 Å². The molecule has 5 heteroatoms. The van der Waals surface area contributed by atoms with Crippen LogP contribution in [0.25, 0.3) is 0 Å². The fraction of sp³-hybridized carbons (Fsp3) is 0.625. The van der Waals surface area contributed by atoms with Gasteiger partial charge in [0.15, 0.2) is 0 Å². The fourth-order valence-corrected chi connectivity index (χ4v) is 2.98. The average Bonchev–Trinajstić information content (AvgIpc) is 2.48. The normalized spacial score (nSPS) is 16.7. The third-order valence-electron chi connectivity index (χ3n) is 4.32. The second-order valence-corrected chi connectivity index (χ2v) is 5.84. The molecule has 1 aromatic carbocycles. The summed E-state index contributed by atoms with van der Waals surface area (Å²) in [6.45, 7) is 3.02. The molecule has 1 aliphatic heterocycles. The highest BCUT2D eigenvalue weighted by atomic mass is 19.1. The first-order valence-corrected chi connectivity index (χ1v) is 7.73. The highest BCUT2D eigenvalue weighted by molar-refractivity contribution is 5.54. The number of rotatable bonds is 6. The number of nitrogens with zero attached hydrogens (tertiary/aromatic N) is 2. The zero-order valence-corrected chi connectivity index (χ0v) is 12.8. The molecule has 0 radical (unpaired) electrons. The van der Waals surface area contributed by atoms with Crippen molar-refractivity contribution in [1.82, 2.24) is 4.90 Å². The molecule has 4 nitrogen and oxygen atoms in total. The van der Waals surface area contributed by atoms with E-state index in [-0.39, 0.29) is 12.4 Å². The van der Waals surface area contributed by atoms with Gasteiger partial charge in [0.25, 0.3) is 0 Å². The molecule has 0 unspecified atom stereocenters. The Morgan fingerprint density at radius 2 is 2.05 bits per heavy atom. The van der Waals surface area contributed by atoms with Crippen LogP contribution in [0, 0.1) is 5.82 Å². The van der Waals surface area contributed by atoms with Gasteiger partial charge in [-0.15, -0.1) is 0 Å². The van der Waals surface area contributed by atoms with Gasteiger partial charge in [-0.2, -0.15) is 0 Å². The molecule has 1 saturated heterocycles. The van der Waals surface area contributed by atoms with E-state index in [9.17, 15) is 4.39 Å².